The topological polar surface area (TPSA) is 89.8 Å². The van der Waals surface area contributed by atoms with Gasteiger partial charge in [-0.1, -0.05) is 0 Å². The van der Waals surface area contributed by atoms with E-state index in [9.17, 15) is 4.79 Å². The lowest BCUT2D eigenvalue weighted by atomic mass is 10.3. The number of anilines is 1. The Bertz CT molecular complexity index is 464. The third kappa shape index (κ3) is 3.63. The minimum absolute atomic E-state index is 0.138. The maximum Gasteiger partial charge on any atom is 0.315 e. The predicted octanol–water partition coefficient (Wildman–Crippen LogP) is 0.827. The van der Waals surface area contributed by atoms with Crippen molar-refractivity contribution in [2.45, 2.75) is 18.9 Å². The molecule has 1 aromatic heterocycles. The molecule has 1 heterocycles. The second-order valence-corrected chi connectivity index (χ2v) is 4.11. The standard InChI is InChI=1S/C12H15N5O/c13-8-9-2-1-5-14-11(9)15-6-7-16-12(18)17-10-3-4-10/h1-2,5,10H,3-4,6-7H2,(H,14,15)(H2,16,17,18). The molecule has 1 aliphatic rings. The quantitative estimate of drug-likeness (QED) is 0.670. The second kappa shape index (κ2) is 5.87. The van der Waals surface area contributed by atoms with E-state index in [4.69, 9.17) is 5.26 Å². The van der Waals surface area contributed by atoms with Crippen molar-refractivity contribution in [3.05, 3.63) is 23.9 Å². The van der Waals surface area contributed by atoms with Crippen molar-refractivity contribution in [2.24, 2.45) is 0 Å². The lowest BCUT2D eigenvalue weighted by molar-refractivity contribution is 0.241. The van der Waals surface area contributed by atoms with Crippen molar-refractivity contribution in [3.8, 4) is 6.07 Å². The van der Waals surface area contributed by atoms with Gasteiger partial charge in [0.1, 0.15) is 11.9 Å². The Morgan fingerprint density at radius 2 is 2.33 bits per heavy atom. The third-order valence-electron chi connectivity index (χ3n) is 2.54. The zero-order valence-corrected chi connectivity index (χ0v) is 9.94. The number of nitrogens with zero attached hydrogens (tertiary/aromatic N) is 2. The fraction of sp³-hybridized carbons (Fsp3) is 0.417. The molecule has 2 rings (SSSR count). The van der Waals surface area contributed by atoms with Gasteiger partial charge in [-0.25, -0.2) is 9.78 Å². The Morgan fingerprint density at radius 3 is 3.06 bits per heavy atom. The van der Waals surface area contributed by atoms with Gasteiger partial charge in [0.2, 0.25) is 0 Å². The number of pyridine rings is 1. The highest BCUT2D eigenvalue weighted by Gasteiger charge is 2.22. The van der Waals surface area contributed by atoms with Crippen LogP contribution in [0.4, 0.5) is 10.6 Å². The predicted molar refractivity (Wildman–Crippen MR) is 67.0 cm³/mol. The molecule has 0 spiro atoms. The number of carbonyl (C=O) groups excluding carboxylic acids is 1. The van der Waals surface area contributed by atoms with Gasteiger partial charge in [-0.15, -0.1) is 0 Å². The van der Waals surface area contributed by atoms with Crippen LogP contribution in [0.3, 0.4) is 0 Å². The first kappa shape index (κ1) is 12.2. The lowest BCUT2D eigenvalue weighted by Crippen LogP contribution is -2.39. The number of urea groups is 1. The molecule has 6 heteroatoms. The summed E-state index contributed by atoms with van der Waals surface area (Å²) in [5.74, 6) is 0.546. The summed E-state index contributed by atoms with van der Waals surface area (Å²) in [6.07, 6.45) is 3.77. The first-order valence-electron chi connectivity index (χ1n) is 5.93. The van der Waals surface area contributed by atoms with Crippen molar-refractivity contribution in [3.63, 3.8) is 0 Å². The summed E-state index contributed by atoms with van der Waals surface area (Å²) in [7, 11) is 0. The molecule has 2 amide bonds. The van der Waals surface area contributed by atoms with Gasteiger partial charge in [0.05, 0.1) is 5.56 Å². The number of hydrogen-bond donors (Lipinski definition) is 3. The van der Waals surface area contributed by atoms with Gasteiger partial charge in [-0.3, -0.25) is 0 Å². The van der Waals surface area contributed by atoms with Gasteiger partial charge in [0.15, 0.2) is 0 Å². The Labute approximate surface area is 105 Å². The van der Waals surface area contributed by atoms with E-state index in [1.165, 1.54) is 0 Å². The highest BCUT2D eigenvalue weighted by atomic mass is 16.2. The van der Waals surface area contributed by atoms with Gasteiger partial charge in [0.25, 0.3) is 0 Å². The van der Waals surface area contributed by atoms with Gasteiger partial charge >= 0.3 is 6.03 Å². The molecule has 0 aromatic carbocycles. The van der Waals surface area contributed by atoms with Crippen molar-refractivity contribution < 1.29 is 4.79 Å². The van der Waals surface area contributed by atoms with Crippen LogP contribution in [0.5, 0.6) is 0 Å². The van der Waals surface area contributed by atoms with Gasteiger partial charge < -0.3 is 16.0 Å². The van der Waals surface area contributed by atoms with Gasteiger partial charge in [-0.05, 0) is 25.0 Å². The normalized spacial score (nSPS) is 13.5. The number of nitrogens with one attached hydrogen (secondary N) is 3. The van der Waals surface area contributed by atoms with Crippen molar-refractivity contribution in [1.82, 2.24) is 15.6 Å². The molecule has 0 saturated heterocycles. The zero-order valence-electron chi connectivity index (χ0n) is 9.94. The molecule has 1 fully saturated rings. The van der Waals surface area contributed by atoms with Crippen LogP contribution in [0.15, 0.2) is 18.3 Å². The summed E-state index contributed by atoms with van der Waals surface area (Å²) in [5, 5.41) is 17.4. The van der Waals surface area contributed by atoms with Crippen LogP contribution < -0.4 is 16.0 Å². The zero-order chi connectivity index (χ0) is 12.8. The summed E-state index contributed by atoms with van der Waals surface area (Å²) >= 11 is 0. The molecular formula is C12H15N5O. The smallest absolute Gasteiger partial charge is 0.315 e. The number of aromatic nitrogens is 1. The summed E-state index contributed by atoms with van der Waals surface area (Å²) in [4.78, 5) is 15.4. The van der Waals surface area contributed by atoms with E-state index in [1.807, 2.05) is 0 Å². The van der Waals surface area contributed by atoms with E-state index < -0.39 is 0 Å². The molecule has 3 N–H and O–H groups in total. The molecule has 0 atom stereocenters. The van der Waals surface area contributed by atoms with Crippen LogP contribution in [0.2, 0.25) is 0 Å². The van der Waals surface area contributed by atoms with Crippen LogP contribution in [0, 0.1) is 11.3 Å². The highest BCUT2D eigenvalue weighted by Crippen LogP contribution is 2.18. The molecule has 18 heavy (non-hydrogen) atoms. The molecular weight excluding hydrogens is 230 g/mol. The third-order valence-corrected chi connectivity index (χ3v) is 2.54. The van der Waals surface area contributed by atoms with Crippen LogP contribution >= 0.6 is 0 Å². The van der Waals surface area contributed by atoms with E-state index in [-0.39, 0.29) is 6.03 Å². The Kier molecular flexibility index (Phi) is 3.97. The minimum Gasteiger partial charge on any atom is -0.367 e. The number of nitriles is 1. The molecule has 6 nitrogen and oxygen atoms in total. The van der Waals surface area contributed by atoms with Crippen molar-refractivity contribution in [2.75, 3.05) is 18.4 Å². The van der Waals surface area contributed by atoms with E-state index in [1.54, 1.807) is 18.3 Å². The monoisotopic (exact) mass is 245 g/mol. The number of amides is 2. The number of rotatable bonds is 5. The second-order valence-electron chi connectivity index (χ2n) is 4.11. The first-order chi connectivity index (χ1) is 8.79. The Hall–Kier alpha value is -2.29. The highest BCUT2D eigenvalue weighted by molar-refractivity contribution is 5.74. The van der Waals surface area contributed by atoms with Crippen LogP contribution in [-0.2, 0) is 0 Å². The van der Waals surface area contributed by atoms with E-state index in [0.29, 0.717) is 30.5 Å². The molecule has 0 aliphatic heterocycles. The molecule has 0 radical (unpaired) electrons. The van der Waals surface area contributed by atoms with Crippen LogP contribution in [-0.4, -0.2) is 30.1 Å². The Morgan fingerprint density at radius 1 is 1.50 bits per heavy atom. The molecule has 0 unspecified atom stereocenters. The summed E-state index contributed by atoms with van der Waals surface area (Å²) in [6, 6.07) is 5.69. The maximum absolute atomic E-state index is 11.3. The lowest BCUT2D eigenvalue weighted by Gasteiger charge is -2.08. The Balaban J connectivity index is 1.68. The van der Waals surface area contributed by atoms with E-state index in [0.717, 1.165) is 12.8 Å². The summed E-state index contributed by atoms with van der Waals surface area (Å²) < 4.78 is 0. The largest absolute Gasteiger partial charge is 0.367 e. The fourth-order valence-corrected chi connectivity index (χ4v) is 1.46. The van der Waals surface area contributed by atoms with E-state index in [2.05, 4.69) is 27.0 Å². The fourth-order valence-electron chi connectivity index (χ4n) is 1.46. The van der Waals surface area contributed by atoms with Crippen molar-refractivity contribution >= 4 is 11.8 Å². The van der Waals surface area contributed by atoms with Gasteiger partial charge in [-0.2, -0.15) is 5.26 Å². The van der Waals surface area contributed by atoms with Gasteiger partial charge in [0, 0.05) is 25.3 Å². The average molecular weight is 245 g/mol. The van der Waals surface area contributed by atoms with Crippen LogP contribution in [0.1, 0.15) is 18.4 Å². The maximum atomic E-state index is 11.3. The molecule has 1 saturated carbocycles. The minimum atomic E-state index is -0.138. The molecule has 1 aromatic rings. The molecule has 94 valence electrons. The molecule has 1 aliphatic carbocycles. The SMILES string of the molecule is N#Cc1cccnc1NCCNC(=O)NC1CC1. The summed E-state index contributed by atoms with van der Waals surface area (Å²) in [6.45, 7) is 1.02. The molecule has 0 bridgehead atoms. The van der Waals surface area contributed by atoms with Crippen LogP contribution in [0.25, 0.3) is 0 Å². The number of hydrogen-bond acceptors (Lipinski definition) is 4. The van der Waals surface area contributed by atoms with Crippen molar-refractivity contribution in [1.29, 1.82) is 5.26 Å². The average Bonchev–Trinajstić information content (AvgIpc) is 3.19. The first-order valence-corrected chi connectivity index (χ1v) is 5.93. The van der Waals surface area contributed by atoms with E-state index >= 15 is 0 Å². The number of carbonyl (C=O) groups is 1. The summed E-state index contributed by atoms with van der Waals surface area (Å²) in [5.41, 5.74) is 0.500.